The SMILES string of the molecule is CC(C)c1ccc(S(=O)(=O)NCC(c2ccco2)N(C)C)cc1. The Balaban J connectivity index is 2.11. The highest BCUT2D eigenvalue weighted by Crippen LogP contribution is 2.20. The van der Waals surface area contributed by atoms with E-state index in [1.54, 1.807) is 24.5 Å². The summed E-state index contributed by atoms with van der Waals surface area (Å²) in [5.41, 5.74) is 1.12. The zero-order valence-corrected chi connectivity index (χ0v) is 14.8. The molecule has 0 radical (unpaired) electrons. The van der Waals surface area contributed by atoms with Gasteiger partial charge in [-0.2, -0.15) is 0 Å². The molecule has 0 amide bonds. The molecule has 0 saturated heterocycles. The van der Waals surface area contributed by atoms with E-state index in [0.29, 0.717) is 5.92 Å². The van der Waals surface area contributed by atoms with Crippen molar-refractivity contribution < 1.29 is 12.8 Å². The van der Waals surface area contributed by atoms with Crippen LogP contribution in [0.25, 0.3) is 0 Å². The van der Waals surface area contributed by atoms with E-state index in [1.807, 2.05) is 37.2 Å². The van der Waals surface area contributed by atoms with Crippen molar-refractivity contribution in [3.8, 4) is 0 Å². The van der Waals surface area contributed by atoms with E-state index < -0.39 is 10.0 Å². The molecule has 5 nitrogen and oxygen atoms in total. The molecule has 1 aromatic heterocycles. The van der Waals surface area contributed by atoms with Crippen molar-refractivity contribution in [3.05, 3.63) is 54.0 Å². The van der Waals surface area contributed by atoms with Crippen LogP contribution in [0.5, 0.6) is 0 Å². The van der Waals surface area contributed by atoms with Gasteiger partial charge in [-0.25, -0.2) is 13.1 Å². The lowest BCUT2D eigenvalue weighted by molar-refractivity contribution is 0.259. The Kier molecular flexibility index (Phi) is 5.62. The van der Waals surface area contributed by atoms with Gasteiger partial charge < -0.3 is 4.42 Å². The molecule has 2 aromatic rings. The average Bonchev–Trinajstić information content (AvgIpc) is 3.01. The van der Waals surface area contributed by atoms with Crippen LogP contribution in [-0.4, -0.2) is 34.0 Å². The Labute approximate surface area is 138 Å². The average molecular weight is 336 g/mol. The Morgan fingerprint density at radius 1 is 1.13 bits per heavy atom. The van der Waals surface area contributed by atoms with Gasteiger partial charge in [0.25, 0.3) is 0 Å². The summed E-state index contributed by atoms with van der Waals surface area (Å²) in [6.45, 7) is 4.40. The molecule has 126 valence electrons. The lowest BCUT2D eigenvalue weighted by Crippen LogP contribution is -2.34. The zero-order chi connectivity index (χ0) is 17.0. The first-order valence-electron chi connectivity index (χ1n) is 7.60. The minimum atomic E-state index is -3.54. The summed E-state index contributed by atoms with van der Waals surface area (Å²) >= 11 is 0. The van der Waals surface area contributed by atoms with Crippen LogP contribution < -0.4 is 4.72 Å². The number of nitrogens with one attached hydrogen (secondary N) is 1. The standard InChI is InChI=1S/C17H24N2O3S/c1-13(2)14-7-9-15(10-8-14)23(20,21)18-12-16(19(3)4)17-6-5-11-22-17/h5-11,13,16,18H,12H2,1-4H3. The maximum Gasteiger partial charge on any atom is 0.240 e. The van der Waals surface area contributed by atoms with Gasteiger partial charge in [-0.1, -0.05) is 26.0 Å². The second kappa shape index (κ2) is 7.29. The molecule has 0 saturated carbocycles. The molecule has 6 heteroatoms. The van der Waals surface area contributed by atoms with Gasteiger partial charge in [-0.05, 0) is 49.8 Å². The quantitative estimate of drug-likeness (QED) is 0.844. The summed E-state index contributed by atoms with van der Waals surface area (Å²) < 4.78 is 33.0. The van der Waals surface area contributed by atoms with Crippen molar-refractivity contribution in [1.29, 1.82) is 0 Å². The molecule has 1 atom stereocenters. The maximum atomic E-state index is 12.4. The molecule has 2 rings (SSSR count). The molecule has 0 spiro atoms. The number of rotatable bonds is 7. The summed E-state index contributed by atoms with van der Waals surface area (Å²) in [7, 11) is 0.235. The van der Waals surface area contributed by atoms with Crippen molar-refractivity contribution in [2.24, 2.45) is 0 Å². The Bertz CT molecular complexity index is 705. The van der Waals surface area contributed by atoms with Crippen molar-refractivity contribution >= 4 is 10.0 Å². The lowest BCUT2D eigenvalue weighted by atomic mass is 10.0. The summed E-state index contributed by atoms with van der Waals surface area (Å²) in [5.74, 6) is 1.10. The van der Waals surface area contributed by atoms with Gasteiger partial charge in [0.2, 0.25) is 10.0 Å². The van der Waals surface area contributed by atoms with Crippen LogP contribution in [0, 0.1) is 0 Å². The second-order valence-electron chi connectivity index (χ2n) is 6.07. The topological polar surface area (TPSA) is 62.6 Å². The van der Waals surface area contributed by atoms with Gasteiger partial charge in [0.1, 0.15) is 5.76 Å². The van der Waals surface area contributed by atoms with E-state index in [0.717, 1.165) is 11.3 Å². The van der Waals surface area contributed by atoms with Crippen molar-refractivity contribution in [3.63, 3.8) is 0 Å². The van der Waals surface area contributed by atoms with Gasteiger partial charge >= 0.3 is 0 Å². The van der Waals surface area contributed by atoms with E-state index in [9.17, 15) is 8.42 Å². The summed E-state index contributed by atoms with van der Waals surface area (Å²) in [5, 5.41) is 0. The highest BCUT2D eigenvalue weighted by molar-refractivity contribution is 7.89. The van der Waals surface area contributed by atoms with Crippen LogP contribution in [0.4, 0.5) is 0 Å². The third-order valence-corrected chi connectivity index (χ3v) is 5.26. The fourth-order valence-electron chi connectivity index (χ4n) is 2.32. The minimum Gasteiger partial charge on any atom is -0.468 e. The second-order valence-corrected chi connectivity index (χ2v) is 7.84. The van der Waals surface area contributed by atoms with Gasteiger partial charge in [0.05, 0.1) is 17.2 Å². The molecule has 0 aliphatic carbocycles. The molecule has 23 heavy (non-hydrogen) atoms. The third kappa shape index (κ3) is 4.43. The smallest absolute Gasteiger partial charge is 0.240 e. The number of benzene rings is 1. The molecular weight excluding hydrogens is 312 g/mol. The van der Waals surface area contributed by atoms with Crippen LogP contribution in [0.1, 0.15) is 37.1 Å². The van der Waals surface area contributed by atoms with Gasteiger partial charge in [-0.3, -0.25) is 4.90 Å². The van der Waals surface area contributed by atoms with Crippen LogP contribution in [0.15, 0.2) is 52.0 Å². The van der Waals surface area contributed by atoms with Crippen molar-refractivity contribution in [2.45, 2.75) is 30.7 Å². The Morgan fingerprint density at radius 2 is 1.78 bits per heavy atom. The first kappa shape index (κ1) is 17.7. The molecule has 0 aliphatic rings. The van der Waals surface area contributed by atoms with E-state index in [-0.39, 0.29) is 17.5 Å². The van der Waals surface area contributed by atoms with Crippen LogP contribution >= 0.6 is 0 Å². The predicted molar refractivity (Wildman–Crippen MR) is 90.9 cm³/mol. The lowest BCUT2D eigenvalue weighted by Gasteiger charge is -2.22. The minimum absolute atomic E-state index is 0.158. The maximum absolute atomic E-state index is 12.4. The molecule has 1 N–H and O–H groups in total. The van der Waals surface area contributed by atoms with Gasteiger partial charge in [0, 0.05) is 6.54 Å². The van der Waals surface area contributed by atoms with Crippen LogP contribution in [0.3, 0.4) is 0 Å². The molecule has 0 bridgehead atoms. The number of hydrogen-bond acceptors (Lipinski definition) is 4. The number of hydrogen-bond donors (Lipinski definition) is 1. The fourth-order valence-corrected chi connectivity index (χ4v) is 3.36. The Hall–Kier alpha value is -1.63. The predicted octanol–water partition coefficient (Wildman–Crippen LogP) is 2.98. The third-order valence-electron chi connectivity index (χ3n) is 3.82. The normalized spacial score (nSPS) is 13.7. The van der Waals surface area contributed by atoms with Crippen LogP contribution in [0.2, 0.25) is 0 Å². The molecule has 0 aliphatic heterocycles. The largest absolute Gasteiger partial charge is 0.468 e. The number of nitrogens with zero attached hydrogens (tertiary/aromatic N) is 1. The van der Waals surface area contributed by atoms with Crippen LogP contribution in [-0.2, 0) is 10.0 Å². The van der Waals surface area contributed by atoms with E-state index in [1.165, 1.54) is 0 Å². The molecule has 1 heterocycles. The summed E-state index contributed by atoms with van der Waals surface area (Å²) in [4.78, 5) is 2.20. The zero-order valence-electron chi connectivity index (χ0n) is 14.0. The van der Waals surface area contributed by atoms with Gasteiger partial charge in [-0.15, -0.1) is 0 Å². The summed E-state index contributed by atoms with van der Waals surface area (Å²) in [6.07, 6.45) is 1.59. The molecular formula is C17H24N2O3S. The first-order chi connectivity index (χ1) is 10.8. The van der Waals surface area contributed by atoms with Crippen molar-refractivity contribution in [1.82, 2.24) is 9.62 Å². The molecule has 1 aromatic carbocycles. The number of sulfonamides is 1. The van der Waals surface area contributed by atoms with E-state index >= 15 is 0 Å². The van der Waals surface area contributed by atoms with E-state index in [4.69, 9.17) is 4.42 Å². The van der Waals surface area contributed by atoms with E-state index in [2.05, 4.69) is 18.6 Å². The fraction of sp³-hybridized carbons (Fsp3) is 0.412. The summed E-state index contributed by atoms with van der Waals surface area (Å²) in [6, 6.07) is 10.5. The first-order valence-corrected chi connectivity index (χ1v) is 9.09. The van der Waals surface area contributed by atoms with Gasteiger partial charge in [0.15, 0.2) is 0 Å². The number of furan rings is 1. The molecule has 1 unspecified atom stereocenters. The van der Waals surface area contributed by atoms with Crippen molar-refractivity contribution in [2.75, 3.05) is 20.6 Å². The number of likely N-dealkylation sites (N-methyl/N-ethyl adjacent to an activating group) is 1. The highest BCUT2D eigenvalue weighted by atomic mass is 32.2. The molecule has 0 fully saturated rings. The highest BCUT2D eigenvalue weighted by Gasteiger charge is 2.21. The monoisotopic (exact) mass is 336 g/mol. The Morgan fingerprint density at radius 3 is 2.26 bits per heavy atom.